The average Bonchev–Trinajstić information content (AvgIpc) is 2.71. The number of imidazole rings is 1. The number of aliphatic hydroxyl groups excluding tert-OH is 2. The molecule has 2 aromatic rings. The van der Waals surface area contributed by atoms with Gasteiger partial charge < -0.3 is 15.2 Å². The Labute approximate surface area is 90.4 Å². The van der Waals surface area contributed by atoms with E-state index in [1.807, 2.05) is 0 Å². The summed E-state index contributed by atoms with van der Waals surface area (Å²) in [4.78, 5) is 21.6. The quantitative estimate of drug-likeness (QED) is 0.642. The first kappa shape index (κ1) is 10.8. The molecule has 0 saturated carbocycles. The molecule has 7 heteroatoms. The van der Waals surface area contributed by atoms with Crippen LogP contribution in [0.3, 0.4) is 0 Å². The normalized spacial score (nSPS) is 13.1. The Morgan fingerprint density at radius 1 is 1.50 bits per heavy atom. The second kappa shape index (κ2) is 4.42. The van der Waals surface area contributed by atoms with E-state index in [9.17, 15) is 9.90 Å². The molecule has 2 heterocycles. The van der Waals surface area contributed by atoms with Crippen molar-refractivity contribution in [2.24, 2.45) is 0 Å². The number of H-pyrrole nitrogens is 1. The van der Waals surface area contributed by atoms with Crippen LogP contribution in [0.15, 0.2) is 17.4 Å². The number of rotatable bonds is 4. The lowest BCUT2D eigenvalue weighted by molar-refractivity contribution is 0.0885. The largest absolute Gasteiger partial charge is 0.396 e. The van der Waals surface area contributed by atoms with Crippen molar-refractivity contribution in [3.63, 3.8) is 0 Å². The van der Waals surface area contributed by atoms with Crippen LogP contribution in [-0.4, -0.2) is 36.3 Å². The minimum Gasteiger partial charge on any atom is -0.396 e. The molecule has 0 aliphatic carbocycles. The van der Waals surface area contributed by atoms with Gasteiger partial charge in [-0.25, -0.2) is 9.97 Å². The molecule has 0 aliphatic heterocycles. The van der Waals surface area contributed by atoms with E-state index < -0.39 is 6.23 Å². The van der Waals surface area contributed by atoms with Crippen LogP contribution >= 0.6 is 0 Å². The molecular weight excluding hydrogens is 212 g/mol. The maximum Gasteiger partial charge on any atom is 0.278 e. The highest BCUT2D eigenvalue weighted by Crippen LogP contribution is 2.14. The average molecular weight is 224 g/mol. The van der Waals surface area contributed by atoms with Crippen molar-refractivity contribution in [1.82, 2.24) is 19.5 Å². The molecule has 3 N–H and O–H groups in total. The number of aromatic nitrogens is 4. The van der Waals surface area contributed by atoms with E-state index in [4.69, 9.17) is 5.11 Å². The first-order chi connectivity index (χ1) is 7.74. The maximum atomic E-state index is 11.3. The third-order valence-corrected chi connectivity index (χ3v) is 2.31. The molecule has 0 spiro atoms. The van der Waals surface area contributed by atoms with Crippen molar-refractivity contribution >= 4 is 11.2 Å². The van der Waals surface area contributed by atoms with Crippen LogP contribution in [-0.2, 0) is 0 Å². The maximum absolute atomic E-state index is 11.3. The summed E-state index contributed by atoms with van der Waals surface area (Å²) >= 11 is 0. The van der Waals surface area contributed by atoms with Gasteiger partial charge in [-0.1, -0.05) is 0 Å². The molecule has 1 atom stereocenters. The highest BCUT2D eigenvalue weighted by Gasteiger charge is 2.13. The Morgan fingerprint density at radius 3 is 3.06 bits per heavy atom. The molecule has 0 bridgehead atoms. The van der Waals surface area contributed by atoms with E-state index in [-0.39, 0.29) is 17.7 Å². The minimum atomic E-state index is -0.827. The molecule has 2 rings (SSSR count). The number of aliphatic hydroxyl groups is 2. The second-order valence-electron chi connectivity index (χ2n) is 3.40. The third-order valence-electron chi connectivity index (χ3n) is 2.31. The molecule has 0 amide bonds. The Kier molecular flexibility index (Phi) is 2.97. The highest BCUT2D eigenvalue weighted by molar-refractivity contribution is 5.68. The predicted octanol–water partition coefficient (Wildman–Crippen LogP) is -0.617. The fraction of sp³-hybridized carbons (Fsp3) is 0.444. The molecule has 0 aliphatic rings. The molecular formula is C9H12N4O3. The lowest BCUT2D eigenvalue weighted by Crippen LogP contribution is -2.11. The number of hydrogen-bond donors (Lipinski definition) is 3. The van der Waals surface area contributed by atoms with Gasteiger partial charge in [0.15, 0.2) is 11.2 Å². The van der Waals surface area contributed by atoms with Crippen molar-refractivity contribution in [1.29, 1.82) is 0 Å². The first-order valence-electron chi connectivity index (χ1n) is 4.93. The van der Waals surface area contributed by atoms with Crippen molar-refractivity contribution in [2.75, 3.05) is 6.61 Å². The summed E-state index contributed by atoms with van der Waals surface area (Å²) in [6.45, 7) is 0.0116. The van der Waals surface area contributed by atoms with Gasteiger partial charge in [-0.15, -0.1) is 0 Å². The predicted molar refractivity (Wildman–Crippen MR) is 55.7 cm³/mol. The van der Waals surface area contributed by atoms with Gasteiger partial charge in [-0.05, 0) is 12.8 Å². The fourth-order valence-corrected chi connectivity index (χ4v) is 1.49. The fourth-order valence-electron chi connectivity index (χ4n) is 1.49. The minimum absolute atomic E-state index is 0.0116. The van der Waals surface area contributed by atoms with Crippen LogP contribution in [0.5, 0.6) is 0 Å². The number of hydrogen-bond acceptors (Lipinski definition) is 5. The molecule has 0 radical (unpaired) electrons. The van der Waals surface area contributed by atoms with Crippen LogP contribution in [0.1, 0.15) is 19.1 Å². The summed E-state index contributed by atoms with van der Waals surface area (Å²) in [6, 6.07) is 0. The number of nitrogens with zero attached hydrogens (tertiary/aromatic N) is 3. The SMILES string of the molecule is O=c1[nH]cnc2c1ncn2C(O)CCCO. The van der Waals surface area contributed by atoms with Gasteiger partial charge in [0.05, 0.1) is 12.7 Å². The Bertz CT molecular complexity index is 533. The molecule has 7 nitrogen and oxygen atoms in total. The van der Waals surface area contributed by atoms with Gasteiger partial charge in [0.25, 0.3) is 5.56 Å². The Balaban J connectivity index is 2.38. The topological polar surface area (TPSA) is 104 Å². The van der Waals surface area contributed by atoms with Crippen molar-refractivity contribution < 1.29 is 10.2 Å². The summed E-state index contributed by atoms with van der Waals surface area (Å²) in [7, 11) is 0. The van der Waals surface area contributed by atoms with Crippen molar-refractivity contribution in [2.45, 2.75) is 19.1 Å². The van der Waals surface area contributed by atoms with Crippen molar-refractivity contribution in [3.8, 4) is 0 Å². The molecule has 0 fully saturated rings. The molecule has 0 saturated heterocycles. The third kappa shape index (κ3) is 1.82. The zero-order valence-electron chi connectivity index (χ0n) is 8.50. The van der Waals surface area contributed by atoms with Gasteiger partial charge in [-0.2, -0.15) is 0 Å². The van der Waals surface area contributed by atoms with Crippen LogP contribution in [0.4, 0.5) is 0 Å². The van der Waals surface area contributed by atoms with Gasteiger partial charge >= 0.3 is 0 Å². The molecule has 1 unspecified atom stereocenters. The first-order valence-corrected chi connectivity index (χ1v) is 4.93. The summed E-state index contributed by atoms with van der Waals surface area (Å²) < 4.78 is 1.42. The van der Waals surface area contributed by atoms with Crippen LogP contribution in [0, 0.1) is 0 Å². The summed E-state index contributed by atoms with van der Waals surface area (Å²) in [5.74, 6) is 0. The van der Waals surface area contributed by atoms with E-state index in [0.29, 0.717) is 18.5 Å². The van der Waals surface area contributed by atoms with Crippen LogP contribution in [0.25, 0.3) is 11.2 Å². The van der Waals surface area contributed by atoms with E-state index in [1.165, 1.54) is 17.2 Å². The highest BCUT2D eigenvalue weighted by atomic mass is 16.3. The van der Waals surface area contributed by atoms with Crippen LogP contribution < -0.4 is 5.56 Å². The van der Waals surface area contributed by atoms with Gasteiger partial charge in [0.1, 0.15) is 6.23 Å². The molecule has 0 aromatic carbocycles. The van der Waals surface area contributed by atoms with Crippen LogP contribution in [0.2, 0.25) is 0 Å². The second-order valence-corrected chi connectivity index (χ2v) is 3.40. The Hall–Kier alpha value is -1.73. The van der Waals surface area contributed by atoms with Gasteiger partial charge in [0, 0.05) is 6.61 Å². The van der Waals surface area contributed by atoms with Crippen molar-refractivity contribution in [3.05, 3.63) is 23.0 Å². The number of nitrogens with one attached hydrogen (secondary N) is 1. The summed E-state index contributed by atoms with van der Waals surface area (Å²) in [5, 5.41) is 18.5. The van der Waals surface area contributed by atoms with E-state index in [0.717, 1.165) is 0 Å². The molecule has 86 valence electrons. The lowest BCUT2D eigenvalue weighted by atomic mass is 10.3. The summed E-state index contributed by atoms with van der Waals surface area (Å²) in [6.07, 6.45) is 2.67. The lowest BCUT2D eigenvalue weighted by Gasteiger charge is -2.11. The number of fused-ring (bicyclic) bond motifs is 1. The molecule has 2 aromatic heterocycles. The van der Waals surface area contributed by atoms with E-state index in [1.54, 1.807) is 0 Å². The smallest absolute Gasteiger partial charge is 0.278 e. The van der Waals surface area contributed by atoms with E-state index >= 15 is 0 Å². The standard InChI is InChI=1S/C9H12N4O3/c14-3-1-2-6(15)13-5-12-7-8(13)10-4-11-9(7)16/h4-6,14-15H,1-3H2,(H,10,11,16). The number of aromatic amines is 1. The molecule has 16 heavy (non-hydrogen) atoms. The van der Waals surface area contributed by atoms with Gasteiger partial charge in [0.2, 0.25) is 0 Å². The zero-order chi connectivity index (χ0) is 11.5. The monoisotopic (exact) mass is 224 g/mol. The summed E-state index contributed by atoms with van der Waals surface area (Å²) in [5.41, 5.74) is 0.206. The Morgan fingerprint density at radius 2 is 2.31 bits per heavy atom. The van der Waals surface area contributed by atoms with E-state index in [2.05, 4.69) is 15.0 Å². The van der Waals surface area contributed by atoms with Gasteiger partial charge in [-0.3, -0.25) is 9.36 Å². The zero-order valence-corrected chi connectivity index (χ0v) is 8.50.